The lowest BCUT2D eigenvalue weighted by molar-refractivity contribution is 0.0682. The number of hydrogen-bond acceptors (Lipinski definition) is 2. The molecule has 0 bridgehead atoms. The van der Waals surface area contributed by atoms with Crippen LogP contribution in [0.4, 0.5) is 0 Å². The van der Waals surface area contributed by atoms with Crippen LogP contribution in [-0.4, -0.2) is 20.6 Å². The summed E-state index contributed by atoms with van der Waals surface area (Å²) in [6.07, 6.45) is 3.85. The molecule has 1 aliphatic rings. The van der Waals surface area contributed by atoms with Crippen LogP contribution in [0.15, 0.2) is 0 Å². The van der Waals surface area contributed by atoms with Gasteiger partial charge < -0.3 is 9.67 Å². The van der Waals surface area contributed by atoms with Crippen LogP contribution in [0, 0.1) is 5.92 Å². The number of fused-ring (bicyclic) bond motifs is 1. The molecule has 4 nitrogen and oxygen atoms in total. The first-order valence-electron chi connectivity index (χ1n) is 5.91. The summed E-state index contributed by atoms with van der Waals surface area (Å²) in [5.74, 6) is 0.561. The summed E-state index contributed by atoms with van der Waals surface area (Å²) in [5, 5.41) is 9.26. The number of hydrogen-bond donors (Lipinski definition) is 1. The SMILES string of the molecule is CC(C)Cc1nc2n(c1C(=O)O)CCCC2. The largest absolute Gasteiger partial charge is 0.477 e. The van der Waals surface area contributed by atoms with Gasteiger partial charge in [0.25, 0.3) is 0 Å². The lowest BCUT2D eigenvalue weighted by atomic mass is 10.1. The van der Waals surface area contributed by atoms with Gasteiger partial charge in [-0.1, -0.05) is 13.8 Å². The van der Waals surface area contributed by atoms with Gasteiger partial charge in [-0.3, -0.25) is 0 Å². The Morgan fingerprint density at radius 1 is 1.50 bits per heavy atom. The molecule has 0 aliphatic carbocycles. The summed E-state index contributed by atoms with van der Waals surface area (Å²) >= 11 is 0. The lowest BCUT2D eigenvalue weighted by Crippen LogP contribution is -2.16. The van der Waals surface area contributed by atoms with E-state index in [1.807, 2.05) is 4.57 Å². The van der Waals surface area contributed by atoms with Crippen LogP contribution < -0.4 is 0 Å². The third kappa shape index (κ3) is 1.96. The number of rotatable bonds is 3. The molecule has 2 heterocycles. The highest BCUT2D eigenvalue weighted by Gasteiger charge is 2.24. The van der Waals surface area contributed by atoms with Crippen LogP contribution >= 0.6 is 0 Å². The smallest absolute Gasteiger partial charge is 0.354 e. The van der Waals surface area contributed by atoms with E-state index in [-0.39, 0.29) is 0 Å². The number of aromatic nitrogens is 2. The molecule has 0 saturated heterocycles. The molecule has 4 heteroatoms. The van der Waals surface area contributed by atoms with Crippen molar-refractivity contribution in [1.29, 1.82) is 0 Å². The van der Waals surface area contributed by atoms with Crippen molar-refractivity contribution in [2.75, 3.05) is 0 Å². The lowest BCUT2D eigenvalue weighted by Gasteiger charge is -2.14. The minimum atomic E-state index is -0.837. The second-order valence-electron chi connectivity index (χ2n) is 4.84. The average molecular weight is 222 g/mol. The van der Waals surface area contributed by atoms with E-state index in [0.717, 1.165) is 43.7 Å². The Morgan fingerprint density at radius 3 is 2.88 bits per heavy atom. The van der Waals surface area contributed by atoms with Crippen LogP contribution in [0.25, 0.3) is 0 Å². The summed E-state index contributed by atoms with van der Waals surface area (Å²) in [7, 11) is 0. The van der Waals surface area contributed by atoms with Gasteiger partial charge in [-0.15, -0.1) is 0 Å². The van der Waals surface area contributed by atoms with Gasteiger partial charge in [0.1, 0.15) is 5.82 Å². The third-order valence-electron chi connectivity index (χ3n) is 2.96. The van der Waals surface area contributed by atoms with Crippen LogP contribution in [0.1, 0.15) is 48.7 Å². The molecule has 88 valence electrons. The fraction of sp³-hybridized carbons (Fsp3) is 0.667. The molecule has 0 spiro atoms. The minimum Gasteiger partial charge on any atom is -0.477 e. The Morgan fingerprint density at radius 2 is 2.25 bits per heavy atom. The minimum absolute atomic E-state index is 0.420. The highest BCUT2D eigenvalue weighted by molar-refractivity contribution is 5.87. The highest BCUT2D eigenvalue weighted by atomic mass is 16.4. The van der Waals surface area contributed by atoms with Crippen LogP contribution in [0.2, 0.25) is 0 Å². The number of imidazole rings is 1. The van der Waals surface area contributed by atoms with Crippen molar-refractivity contribution in [2.45, 2.75) is 46.1 Å². The van der Waals surface area contributed by atoms with E-state index >= 15 is 0 Å². The Bertz CT molecular complexity index is 407. The second kappa shape index (κ2) is 4.28. The van der Waals surface area contributed by atoms with Crippen molar-refractivity contribution in [3.63, 3.8) is 0 Å². The van der Waals surface area contributed by atoms with Crippen molar-refractivity contribution in [2.24, 2.45) is 5.92 Å². The molecular weight excluding hydrogens is 204 g/mol. The Balaban J connectivity index is 2.43. The van der Waals surface area contributed by atoms with E-state index < -0.39 is 5.97 Å². The Kier molecular flexibility index (Phi) is 2.99. The van der Waals surface area contributed by atoms with Crippen molar-refractivity contribution in [1.82, 2.24) is 9.55 Å². The summed E-state index contributed by atoms with van der Waals surface area (Å²) < 4.78 is 1.89. The topological polar surface area (TPSA) is 55.1 Å². The number of carboxylic acids is 1. The Hall–Kier alpha value is -1.32. The molecule has 1 N–H and O–H groups in total. The van der Waals surface area contributed by atoms with Gasteiger partial charge in [0.2, 0.25) is 0 Å². The predicted molar refractivity (Wildman–Crippen MR) is 60.7 cm³/mol. The molecule has 1 aliphatic heterocycles. The first kappa shape index (κ1) is 11.2. The van der Waals surface area contributed by atoms with Gasteiger partial charge in [-0.25, -0.2) is 9.78 Å². The zero-order chi connectivity index (χ0) is 11.7. The second-order valence-corrected chi connectivity index (χ2v) is 4.84. The van der Waals surface area contributed by atoms with Gasteiger partial charge >= 0.3 is 5.97 Å². The van der Waals surface area contributed by atoms with Gasteiger partial charge in [-0.05, 0) is 25.2 Å². The van der Waals surface area contributed by atoms with E-state index in [1.165, 1.54) is 0 Å². The summed E-state index contributed by atoms with van der Waals surface area (Å²) in [6.45, 7) is 4.98. The number of carboxylic acid groups (broad SMARTS) is 1. The van der Waals surface area contributed by atoms with E-state index in [9.17, 15) is 9.90 Å². The average Bonchev–Trinajstić information content (AvgIpc) is 2.53. The number of aryl methyl sites for hydroxylation is 1. The highest BCUT2D eigenvalue weighted by Crippen LogP contribution is 2.21. The van der Waals surface area contributed by atoms with Crippen molar-refractivity contribution in [3.05, 3.63) is 17.2 Å². The molecule has 0 radical (unpaired) electrons. The van der Waals surface area contributed by atoms with E-state index in [1.54, 1.807) is 0 Å². The van der Waals surface area contributed by atoms with Crippen LogP contribution in [0.3, 0.4) is 0 Å². The first-order chi connectivity index (χ1) is 7.59. The van der Waals surface area contributed by atoms with Crippen molar-refractivity contribution < 1.29 is 9.90 Å². The molecule has 0 saturated carbocycles. The fourth-order valence-electron chi connectivity index (χ4n) is 2.31. The molecule has 16 heavy (non-hydrogen) atoms. The molecule has 1 aromatic rings. The first-order valence-corrected chi connectivity index (χ1v) is 5.91. The molecule has 0 unspecified atom stereocenters. The predicted octanol–water partition coefficient (Wildman–Crippen LogP) is 2.12. The number of nitrogens with zero attached hydrogens (tertiary/aromatic N) is 2. The number of carbonyl (C=O) groups is 1. The maximum atomic E-state index is 11.3. The zero-order valence-corrected chi connectivity index (χ0v) is 9.86. The summed E-state index contributed by atoms with van der Waals surface area (Å²) in [4.78, 5) is 15.8. The third-order valence-corrected chi connectivity index (χ3v) is 2.96. The molecule has 0 amide bonds. The Labute approximate surface area is 95.3 Å². The van der Waals surface area contributed by atoms with Crippen LogP contribution in [0.5, 0.6) is 0 Å². The molecule has 2 rings (SSSR count). The summed E-state index contributed by atoms with van der Waals surface area (Å²) in [6, 6.07) is 0. The monoisotopic (exact) mass is 222 g/mol. The standard InChI is InChI=1S/C12H18N2O2/c1-8(2)7-9-11(12(15)16)14-6-4-3-5-10(14)13-9/h8H,3-7H2,1-2H3,(H,15,16). The van der Waals surface area contributed by atoms with E-state index in [2.05, 4.69) is 18.8 Å². The molecule has 0 aromatic carbocycles. The molecule has 1 aromatic heterocycles. The maximum absolute atomic E-state index is 11.3. The fourth-order valence-corrected chi connectivity index (χ4v) is 2.31. The van der Waals surface area contributed by atoms with Gasteiger partial charge in [0, 0.05) is 13.0 Å². The van der Waals surface area contributed by atoms with E-state index in [0.29, 0.717) is 11.6 Å². The van der Waals surface area contributed by atoms with Gasteiger partial charge in [0.15, 0.2) is 5.69 Å². The number of aromatic carboxylic acids is 1. The van der Waals surface area contributed by atoms with Crippen LogP contribution in [-0.2, 0) is 19.4 Å². The van der Waals surface area contributed by atoms with Gasteiger partial charge in [0.05, 0.1) is 5.69 Å². The normalized spacial score (nSPS) is 15.2. The van der Waals surface area contributed by atoms with Gasteiger partial charge in [-0.2, -0.15) is 0 Å². The van der Waals surface area contributed by atoms with Crippen molar-refractivity contribution >= 4 is 5.97 Å². The molecule has 0 atom stereocenters. The molecular formula is C12H18N2O2. The zero-order valence-electron chi connectivity index (χ0n) is 9.86. The van der Waals surface area contributed by atoms with E-state index in [4.69, 9.17) is 0 Å². The quantitative estimate of drug-likeness (QED) is 0.852. The summed E-state index contributed by atoms with van der Waals surface area (Å²) in [5.41, 5.74) is 1.18. The van der Waals surface area contributed by atoms with Crippen molar-refractivity contribution in [3.8, 4) is 0 Å². The maximum Gasteiger partial charge on any atom is 0.354 e. The molecule has 0 fully saturated rings.